The van der Waals surface area contributed by atoms with E-state index in [1.54, 1.807) is 0 Å². The third-order valence-electron chi connectivity index (χ3n) is 2.31. The van der Waals surface area contributed by atoms with Crippen molar-refractivity contribution in [3.8, 4) is 0 Å². The minimum atomic E-state index is -0.825. The van der Waals surface area contributed by atoms with Crippen LogP contribution in [-0.2, 0) is 0 Å². The van der Waals surface area contributed by atoms with E-state index in [4.69, 9.17) is 11.6 Å². The lowest BCUT2D eigenvalue weighted by Gasteiger charge is -2.05. The molecule has 20 heavy (non-hydrogen) atoms. The first-order chi connectivity index (χ1) is 9.45. The van der Waals surface area contributed by atoms with Crippen molar-refractivity contribution in [3.05, 3.63) is 63.2 Å². The van der Waals surface area contributed by atoms with E-state index < -0.39 is 22.3 Å². The number of amides is 1. The van der Waals surface area contributed by atoms with Crippen LogP contribution >= 0.6 is 11.6 Å². The van der Waals surface area contributed by atoms with E-state index in [0.717, 1.165) is 18.2 Å². The van der Waals surface area contributed by atoms with Gasteiger partial charge in [0.2, 0.25) is 0 Å². The van der Waals surface area contributed by atoms with Crippen LogP contribution in [0.4, 0.5) is 15.8 Å². The normalized spacial score (nSPS) is 10.1. The third-order valence-corrected chi connectivity index (χ3v) is 2.54. The Morgan fingerprint density at radius 2 is 2.10 bits per heavy atom. The molecule has 0 unspecified atom stereocenters. The molecule has 0 fully saturated rings. The van der Waals surface area contributed by atoms with Gasteiger partial charge >= 0.3 is 0 Å². The summed E-state index contributed by atoms with van der Waals surface area (Å²) < 4.78 is 13.2. The molecule has 2 rings (SSSR count). The Hall–Kier alpha value is -2.54. The van der Waals surface area contributed by atoms with E-state index in [-0.39, 0.29) is 11.4 Å². The Balaban J connectivity index is 2.26. The van der Waals surface area contributed by atoms with Crippen LogP contribution in [0.25, 0.3) is 0 Å². The number of halogens is 2. The molecule has 0 saturated carbocycles. The fourth-order valence-electron chi connectivity index (χ4n) is 1.48. The summed E-state index contributed by atoms with van der Waals surface area (Å²) in [5, 5.41) is 13.2. The lowest BCUT2D eigenvalue weighted by molar-refractivity contribution is -0.385. The molecular formula is C12H7ClFN3O3. The van der Waals surface area contributed by atoms with E-state index in [2.05, 4.69) is 10.3 Å². The number of carbonyl (C=O) groups excluding carboxylic acids is 1. The highest BCUT2D eigenvalue weighted by Gasteiger charge is 2.13. The number of aromatic nitrogens is 1. The summed E-state index contributed by atoms with van der Waals surface area (Å²) >= 11 is 5.71. The van der Waals surface area contributed by atoms with Gasteiger partial charge in [-0.25, -0.2) is 4.39 Å². The first-order valence-electron chi connectivity index (χ1n) is 5.33. The Morgan fingerprint density at radius 1 is 1.35 bits per heavy atom. The standard InChI is InChI=1S/C12H7ClFN3O3/c13-7-1-2-15-11(3-7)12(18)16-9-4-8(14)5-10(6-9)17(19)20/h1-6H,(H,16,18). The van der Waals surface area contributed by atoms with Gasteiger partial charge < -0.3 is 5.32 Å². The minimum Gasteiger partial charge on any atom is -0.320 e. The number of non-ortho nitro benzene ring substituents is 1. The number of hydrogen-bond acceptors (Lipinski definition) is 4. The largest absolute Gasteiger partial charge is 0.320 e. The maximum absolute atomic E-state index is 13.2. The van der Waals surface area contributed by atoms with Gasteiger partial charge in [0.05, 0.1) is 16.7 Å². The number of nitrogens with zero attached hydrogens (tertiary/aromatic N) is 2. The molecule has 0 radical (unpaired) electrons. The quantitative estimate of drug-likeness (QED) is 0.696. The second kappa shape index (κ2) is 5.62. The maximum atomic E-state index is 13.2. The molecule has 0 aliphatic rings. The highest BCUT2D eigenvalue weighted by molar-refractivity contribution is 6.30. The van der Waals surface area contributed by atoms with Crippen molar-refractivity contribution in [2.45, 2.75) is 0 Å². The topological polar surface area (TPSA) is 85.1 Å². The summed E-state index contributed by atoms with van der Waals surface area (Å²) in [5.41, 5.74) is -0.479. The van der Waals surface area contributed by atoms with Gasteiger partial charge in [-0.1, -0.05) is 11.6 Å². The van der Waals surface area contributed by atoms with Gasteiger partial charge in [-0.05, 0) is 18.2 Å². The smallest absolute Gasteiger partial charge is 0.274 e. The molecule has 102 valence electrons. The van der Waals surface area contributed by atoms with E-state index in [9.17, 15) is 19.3 Å². The maximum Gasteiger partial charge on any atom is 0.274 e. The van der Waals surface area contributed by atoms with Gasteiger partial charge in [-0.2, -0.15) is 0 Å². The van der Waals surface area contributed by atoms with Gasteiger partial charge in [-0.15, -0.1) is 0 Å². The Labute approximate surface area is 117 Å². The molecule has 0 aliphatic carbocycles. The van der Waals surface area contributed by atoms with Crippen LogP contribution < -0.4 is 5.32 Å². The predicted octanol–water partition coefficient (Wildman–Crippen LogP) is 3.03. The Morgan fingerprint density at radius 3 is 2.75 bits per heavy atom. The summed E-state index contributed by atoms with van der Waals surface area (Å²) in [7, 11) is 0. The molecule has 1 N–H and O–H groups in total. The summed E-state index contributed by atoms with van der Waals surface area (Å²) in [6, 6.07) is 5.59. The molecule has 0 spiro atoms. The number of nitrogens with one attached hydrogen (secondary N) is 1. The van der Waals surface area contributed by atoms with Gasteiger partial charge in [0, 0.05) is 17.3 Å². The van der Waals surface area contributed by atoms with Crippen molar-refractivity contribution >= 4 is 28.9 Å². The predicted molar refractivity (Wildman–Crippen MR) is 70.3 cm³/mol. The Kier molecular flexibility index (Phi) is 3.90. The number of benzene rings is 1. The van der Waals surface area contributed by atoms with Gasteiger partial charge in [-0.3, -0.25) is 19.9 Å². The van der Waals surface area contributed by atoms with Crippen LogP contribution in [0.5, 0.6) is 0 Å². The van der Waals surface area contributed by atoms with Crippen LogP contribution in [0.3, 0.4) is 0 Å². The van der Waals surface area contributed by atoms with Crippen LogP contribution in [0.15, 0.2) is 36.5 Å². The van der Waals surface area contributed by atoms with Crippen LogP contribution in [0.1, 0.15) is 10.5 Å². The van der Waals surface area contributed by atoms with Crippen molar-refractivity contribution in [1.29, 1.82) is 0 Å². The van der Waals surface area contributed by atoms with Crippen molar-refractivity contribution in [2.24, 2.45) is 0 Å². The average molecular weight is 296 g/mol. The molecule has 0 bridgehead atoms. The summed E-state index contributed by atoms with van der Waals surface area (Å²) in [6.07, 6.45) is 1.34. The molecule has 8 heteroatoms. The SMILES string of the molecule is O=C(Nc1cc(F)cc([N+](=O)[O-])c1)c1cc(Cl)ccn1. The molecule has 6 nitrogen and oxygen atoms in total. The number of carbonyl (C=O) groups is 1. The second-order valence-corrected chi connectivity index (χ2v) is 4.21. The Bertz CT molecular complexity index is 693. The second-order valence-electron chi connectivity index (χ2n) is 3.77. The zero-order chi connectivity index (χ0) is 14.7. The average Bonchev–Trinajstić information content (AvgIpc) is 2.37. The molecule has 0 aliphatic heterocycles. The van der Waals surface area contributed by atoms with Crippen molar-refractivity contribution in [3.63, 3.8) is 0 Å². The molecule has 1 aromatic carbocycles. The molecular weight excluding hydrogens is 289 g/mol. The number of anilines is 1. The van der Waals surface area contributed by atoms with E-state index in [1.165, 1.54) is 18.3 Å². The van der Waals surface area contributed by atoms with Gasteiger partial charge in [0.25, 0.3) is 11.6 Å². The summed E-state index contributed by atoms with van der Waals surface area (Å²) in [4.78, 5) is 25.5. The molecule has 0 saturated heterocycles. The number of hydrogen-bond donors (Lipinski definition) is 1. The first kappa shape index (κ1) is 13.9. The lowest BCUT2D eigenvalue weighted by Crippen LogP contribution is -2.13. The molecule has 2 aromatic rings. The van der Waals surface area contributed by atoms with Crippen LogP contribution in [0, 0.1) is 15.9 Å². The molecule has 1 heterocycles. The number of nitro groups is 1. The fourth-order valence-corrected chi connectivity index (χ4v) is 1.64. The van der Waals surface area contributed by atoms with Crippen molar-refractivity contribution < 1.29 is 14.1 Å². The number of pyridine rings is 1. The summed E-state index contributed by atoms with van der Waals surface area (Å²) in [6.45, 7) is 0. The lowest BCUT2D eigenvalue weighted by atomic mass is 10.2. The zero-order valence-electron chi connectivity index (χ0n) is 9.84. The van der Waals surface area contributed by atoms with Crippen LogP contribution in [0.2, 0.25) is 5.02 Å². The number of nitro benzene ring substituents is 1. The molecule has 0 atom stereocenters. The van der Waals surface area contributed by atoms with Gasteiger partial charge in [0.1, 0.15) is 11.5 Å². The minimum absolute atomic E-state index is 0.0180. The number of rotatable bonds is 3. The fraction of sp³-hybridized carbons (Fsp3) is 0. The van der Waals surface area contributed by atoms with E-state index >= 15 is 0 Å². The van der Waals surface area contributed by atoms with Crippen LogP contribution in [-0.4, -0.2) is 15.8 Å². The van der Waals surface area contributed by atoms with Crippen molar-refractivity contribution in [1.82, 2.24) is 4.98 Å². The van der Waals surface area contributed by atoms with Gasteiger partial charge in [0.15, 0.2) is 0 Å². The highest BCUT2D eigenvalue weighted by atomic mass is 35.5. The molecule has 1 amide bonds. The van der Waals surface area contributed by atoms with Crippen molar-refractivity contribution in [2.75, 3.05) is 5.32 Å². The highest BCUT2D eigenvalue weighted by Crippen LogP contribution is 2.20. The van der Waals surface area contributed by atoms with E-state index in [0.29, 0.717) is 5.02 Å². The molecule has 1 aromatic heterocycles. The summed E-state index contributed by atoms with van der Waals surface area (Å²) in [5.74, 6) is -1.47. The van der Waals surface area contributed by atoms with E-state index in [1.807, 2.05) is 0 Å². The third kappa shape index (κ3) is 3.27. The monoisotopic (exact) mass is 295 g/mol. The zero-order valence-corrected chi connectivity index (χ0v) is 10.6. The first-order valence-corrected chi connectivity index (χ1v) is 5.71.